The fraction of sp³-hybridized carbons (Fsp3) is 0.273. The normalized spacial score (nSPS) is 22.3. The summed E-state index contributed by atoms with van der Waals surface area (Å²) in [7, 11) is 0. The summed E-state index contributed by atoms with van der Waals surface area (Å²) in [6.45, 7) is 4.48. The van der Waals surface area contributed by atoms with Gasteiger partial charge in [0.15, 0.2) is 0 Å². The van der Waals surface area contributed by atoms with Gasteiger partial charge in [-0.05, 0) is 31.0 Å². The predicted octanol–water partition coefficient (Wildman–Crippen LogP) is 3.72. The monoisotopic (exact) mass is 348 g/mol. The molecule has 1 N–H and O–H groups in total. The number of amides is 2. The van der Waals surface area contributed by atoms with Gasteiger partial charge in [0, 0.05) is 24.2 Å². The summed E-state index contributed by atoms with van der Waals surface area (Å²) in [5.74, 6) is -0.550. The van der Waals surface area contributed by atoms with E-state index < -0.39 is 5.54 Å². The Kier molecular flexibility index (Phi) is 5.21. The molecular weight excluding hydrogens is 324 g/mol. The van der Waals surface area contributed by atoms with Crippen LogP contribution in [0.2, 0.25) is 0 Å². The van der Waals surface area contributed by atoms with Crippen molar-refractivity contribution in [1.82, 2.24) is 10.2 Å². The van der Waals surface area contributed by atoms with E-state index in [2.05, 4.69) is 5.32 Å². The molecule has 1 aliphatic rings. The molecule has 0 radical (unpaired) electrons. The van der Waals surface area contributed by atoms with Crippen molar-refractivity contribution in [2.45, 2.75) is 31.7 Å². The molecule has 0 spiro atoms. The minimum atomic E-state index is -1.04. The Balaban J connectivity index is 1.98. The average Bonchev–Trinajstić information content (AvgIpc) is 2.67. The van der Waals surface area contributed by atoms with Crippen LogP contribution in [-0.2, 0) is 4.79 Å². The van der Waals surface area contributed by atoms with Crippen LogP contribution in [0.15, 0.2) is 72.9 Å². The van der Waals surface area contributed by atoms with Crippen LogP contribution < -0.4 is 5.32 Å². The van der Waals surface area contributed by atoms with Crippen molar-refractivity contribution >= 4 is 11.8 Å². The SMILES string of the molecule is CCCN1C=C[C@H](c2ccccc2)[C@@](C)(NC(=O)c2ccccc2)C1=O. The summed E-state index contributed by atoms with van der Waals surface area (Å²) in [5.41, 5.74) is 0.507. The van der Waals surface area contributed by atoms with E-state index in [9.17, 15) is 9.59 Å². The fourth-order valence-electron chi connectivity index (χ4n) is 3.43. The highest BCUT2D eigenvalue weighted by Crippen LogP contribution is 2.35. The first-order valence-electron chi connectivity index (χ1n) is 8.98. The third-order valence-corrected chi connectivity index (χ3v) is 4.82. The van der Waals surface area contributed by atoms with Gasteiger partial charge in [0.1, 0.15) is 5.54 Å². The van der Waals surface area contributed by atoms with Crippen molar-refractivity contribution < 1.29 is 9.59 Å². The van der Waals surface area contributed by atoms with Crippen LogP contribution >= 0.6 is 0 Å². The molecule has 26 heavy (non-hydrogen) atoms. The molecule has 2 aromatic rings. The van der Waals surface area contributed by atoms with Crippen LogP contribution in [0.5, 0.6) is 0 Å². The highest BCUT2D eigenvalue weighted by Gasteiger charge is 2.46. The van der Waals surface area contributed by atoms with E-state index in [4.69, 9.17) is 0 Å². The molecule has 1 aliphatic heterocycles. The van der Waals surface area contributed by atoms with Gasteiger partial charge in [-0.3, -0.25) is 9.59 Å². The first-order chi connectivity index (χ1) is 12.6. The number of hydrogen-bond donors (Lipinski definition) is 1. The Morgan fingerprint density at radius 2 is 1.69 bits per heavy atom. The predicted molar refractivity (Wildman–Crippen MR) is 103 cm³/mol. The lowest BCUT2D eigenvalue weighted by atomic mass is 9.77. The zero-order chi connectivity index (χ0) is 18.6. The van der Waals surface area contributed by atoms with Crippen LogP contribution in [-0.4, -0.2) is 28.8 Å². The van der Waals surface area contributed by atoms with Gasteiger partial charge in [-0.15, -0.1) is 0 Å². The second kappa shape index (κ2) is 7.56. The molecule has 2 aromatic carbocycles. The highest BCUT2D eigenvalue weighted by atomic mass is 16.2. The van der Waals surface area contributed by atoms with Gasteiger partial charge < -0.3 is 10.2 Å². The lowest BCUT2D eigenvalue weighted by Crippen LogP contribution is -2.61. The van der Waals surface area contributed by atoms with Crippen LogP contribution in [0.4, 0.5) is 0 Å². The number of carbonyl (C=O) groups is 2. The number of rotatable bonds is 5. The second-order valence-electron chi connectivity index (χ2n) is 6.75. The number of benzene rings is 2. The molecule has 0 fully saturated rings. The zero-order valence-corrected chi connectivity index (χ0v) is 15.2. The molecule has 4 nitrogen and oxygen atoms in total. The highest BCUT2D eigenvalue weighted by molar-refractivity contribution is 6.00. The zero-order valence-electron chi connectivity index (χ0n) is 15.2. The quantitative estimate of drug-likeness (QED) is 0.895. The van der Waals surface area contributed by atoms with Gasteiger partial charge >= 0.3 is 0 Å². The van der Waals surface area contributed by atoms with E-state index in [0.717, 1.165) is 12.0 Å². The summed E-state index contributed by atoms with van der Waals surface area (Å²) < 4.78 is 0. The summed E-state index contributed by atoms with van der Waals surface area (Å²) in [5, 5.41) is 3.02. The number of nitrogens with zero attached hydrogens (tertiary/aromatic N) is 1. The summed E-state index contributed by atoms with van der Waals surface area (Å²) in [6.07, 6.45) is 4.71. The molecule has 4 heteroatoms. The molecule has 0 unspecified atom stereocenters. The fourth-order valence-corrected chi connectivity index (χ4v) is 3.43. The van der Waals surface area contributed by atoms with E-state index in [1.807, 2.05) is 74.7 Å². The topological polar surface area (TPSA) is 49.4 Å². The third kappa shape index (κ3) is 3.40. The molecule has 2 amide bonds. The molecule has 0 bridgehead atoms. The van der Waals surface area contributed by atoms with Gasteiger partial charge in [0.25, 0.3) is 11.8 Å². The molecule has 0 saturated heterocycles. The van der Waals surface area contributed by atoms with Crippen molar-refractivity contribution in [3.63, 3.8) is 0 Å². The van der Waals surface area contributed by atoms with E-state index in [-0.39, 0.29) is 17.7 Å². The minimum Gasteiger partial charge on any atom is -0.337 e. The van der Waals surface area contributed by atoms with Gasteiger partial charge in [-0.25, -0.2) is 0 Å². The van der Waals surface area contributed by atoms with Crippen LogP contribution in [0.3, 0.4) is 0 Å². The molecular formula is C22H24N2O2. The van der Waals surface area contributed by atoms with Crippen molar-refractivity contribution in [3.05, 3.63) is 84.1 Å². The summed E-state index contributed by atoms with van der Waals surface area (Å²) >= 11 is 0. The molecule has 0 aromatic heterocycles. The molecule has 0 saturated carbocycles. The minimum absolute atomic E-state index is 0.0833. The van der Waals surface area contributed by atoms with E-state index in [1.165, 1.54) is 0 Å². The van der Waals surface area contributed by atoms with Crippen LogP contribution in [0.1, 0.15) is 42.1 Å². The number of nitrogens with one attached hydrogen (secondary N) is 1. The van der Waals surface area contributed by atoms with E-state index in [1.54, 1.807) is 17.0 Å². The largest absolute Gasteiger partial charge is 0.337 e. The summed E-state index contributed by atoms with van der Waals surface area (Å²) in [6, 6.07) is 18.8. The van der Waals surface area contributed by atoms with Crippen LogP contribution in [0.25, 0.3) is 0 Å². The third-order valence-electron chi connectivity index (χ3n) is 4.82. The van der Waals surface area contributed by atoms with E-state index >= 15 is 0 Å². The maximum atomic E-state index is 13.2. The van der Waals surface area contributed by atoms with Gasteiger partial charge in [-0.1, -0.05) is 61.5 Å². The molecule has 1 heterocycles. The Morgan fingerprint density at radius 1 is 1.08 bits per heavy atom. The Morgan fingerprint density at radius 3 is 2.31 bits per heavy atom. The molecule has 134 valence electrons. The standard InChI is InChI=1S/C22H24N2O2/c1-3-15-24-16-14-19(17-10-6-4-7-11-17)22(2,21(24)26)23-20(25)18-12-8-5-9-13-18/h4-14,16,19H,3,15H2,1-2H3,(H,23,25)/t19-,22-/m1/s1. The van der Waals surface area contributed by atoms with Crippen molar-refractivity contribution in [1.29, 1.82) is 0 Å². The van der Waals surface area contributed by atoms with E-state index in [0.29, 0.717) is 12.1 Å². The molecule has 3 rings (SSSR count). The van der Waals surface area contributed by atoms with Crippen molar-refractivity contribution in [2.24, 2.45) is 0 Å². The summed E-state index contributed by atoms with van der Waals surface area (Å²) in [4.78, 5) is 27.7. The Hall–Kier alpha value is -2.88. The molecule has 2 atom stereocenters. The number of hydrogen-bond acceptors (Lipinski definition) is 2. The molecule has 0 aliphatic carbocycles. The first kappa shape index (κ1) is 17.9. The van der Waals surface area contributed by atoms with Gasteiger partial charge in [-0.2, -0.15) is 0 Å². The lowest BCUT2D eigenvalue weighted by molar-refractivity contribution is -0.136. The first-order valence-corrected chi connectivity index (χ1v) is 8.98. The second-order valence-corrected chi connectivity index (χ2v) is 6.75. The van der Waals surface area contributed by atoms with Crippen molar-refractivity contribution in [2.75, 3.05) is 6.54 Å². The maximum Gasteiger partial charge on any atom is 0.252 e. The maximum absolute atomic E-state index is 13.2. The van der Waals surface area contributed by atoms with Gasteiger partial charge in [0.05, 0.1) is 0 Å². The Labute approximate surface area is 154 Å². The smallest absolute Gasteiger partial charge is 0.252 e. The Bertz CT molecular complexity index is 801. The average molecular weight is 348 g/mol. The van der Waals surface area contributed by atoms with Gasteiger partial charge in [0.2, 0.25) is 0 Å². The van der Waals surface area contributed by atoms with Crippen LogP contribution in [0, 0.1) is 0 Å². The lowest BCUT2D eigenvalue weighted by Gasteiger charge is -2.42. The van der Waals surface area contributed by atoms with Crippen molar-refractivity contribution in [3.8, 4) is 0 Å². The number of carbonyl (C=O) groups excluding carboxylic acids is 2.